The minimum atomic E-state index is -0.0396. The van der Waals surface area contributed by atoms with E-state index in [-0.39, 0.29) is 5.91 Å². The van der Waals surface area contributed by atoms with Gasteiger partial charge in [-0.25, -0.2) is 0 Å². The van der Waals surface area contributed by atoms with Crippen LogP contribution in [0.5, 0.6) is 5.75 Å². The first-order valence-corrected chi connectivity index (χ1v) is 8.34. The van der Waals surface area contributed by atoms with Crippen LogP contribution < -0.4 is 10.1 Å². The van der Waals surface area contributed by atoms with E-state index >= 15 is 0 Å². The van der Waals surface area contributed by atoms with E-state index in [9.17, 15) is 4.79 Å². The first kappa shape index (κ1) is 17.6. The van der Waals surface area contributed by atoms with Crippen molar-refractivity contribution in [3.63, 3.8) is 0 Å². The Balaban J connectivity index is 1.65. The van der Waals surface area contributed by atoms with Crippen molar-refractivity contribution in [2.75, 3.05) is 12.4 Å². The SMILES string of the molecule is COc1cc(NC(=O)CCc2ccc(C)cc2C)ccc1-n1cnnn1. The van der Waals surface area contributed by atoms with Gasteiger partial charge in [0.05, 0.1) is 7.11 Å². The molecule has 0 unspecified atom stereocenters. The summed E-state index contributed by atoms with van der Waals surface area (Å²) < 4.78 is 6.88. The van der Waals surface area contributed by atoms with Crippen molar-refractivity contribution in [2.24, 2.45) is 0 Å². The Bertz CT molecular complexity index is 906. The van der Waals surface area contributed by atoms with Crippen LogP contribution in [0.2, 0.25) is 0 Å². The predicted molar refractivity (Wildman–Crippen MR) is 98.6 cm³/mol. The number of tetrazole rings is 1. The van der Waals surface area contributed by atoms with Crippen molar-refractivity contribution in [3.8, 4) is 11.4 Å². The topological polar surface area (TPSA) is 81.9 Å². The van der Waals surface area contributed by atoms with Crippen molar-refractivity contribution in [3.05, 3.63) is 59.4 Å². The fourth-order valence-corrected chi connectivity index (χ4v) is 2.81. The molecule has 0 aliphatic heterocycles. The van der Waals surface area contributed by atoms with Crippen LogP contribution in [0.3, 0.4) is 0 Å². The van der Waals surface area contributed by atoms with Gasteiger partial charge in [-0.2, -0.15) is 4.68 Å². The molecule has 3 aromatic rings. The van der Waals surface area contributed by atoms with Crippen LogP contribution in [0.25, 0.3) is 5.69 Å². The number of nitrogens with one attached hydrogen (secondary N) is 1. The Morgan fingerprint density at radius 3 is 2.73 bits per heavy atom. The molecule has 0 atom stereocenters. The van der Waals surface area contributed by atoms with Gasteiger partial charge in [-0.3, -0.25) is 4.79 Å². The number of hydrogen-bond donors (Lipinski definition) is 1. The molecule has 1 aromatic heterocycles. The van der Waals surface area contributed by atoms with Gasteiger partial charge in [0.15, 0.2) is 0 Å². The summed E-state index contributed by atoms with van der Waals surface area (Å²) in [7, 11) is 1.56. The molecule has 0 saturated carbocycles. The maximum Gasteiger partial charge on any atom is 0.224 e. The summed E-state index contributed by atoms with van der Waals surface area (Å²) >= 11 is 0. The number of rotatable bonds is 6. The van der Waals surface area contributed by atoms with Crippen molar-refractivity contribution >= 4 is 11.6 Å². The van der Waals surface area contributed by atoms with Crippen LogP contribution in [0, 0.1) is 13.8 Å². The monoisotopic (exact) mass is 351 g/mol. The molecule has 0 saturated heterocycles. The number of ether oxygens (including phenoxy) is 1. The van der Waals surface area contributed by atoms with Crippen LogP contribution >= 0.6 is 0 Å². The highest BCUT2D eigenvalue weighted by Gasteiger charge is 2.10. The van der Waals surface area contributed by atoms with E-state index in [1.165, 1.54) is 27.7 Å². The number of anilines is 1. The van der Waals surface area contributed by atoms with E-state index in [0.29, 0.717) is 30.0 Å². The van der Waals surface area contributed by atoms with E-state index in [1.807, 2.05) is 0 Å². The molecule has 2 aromatic carbocycles. The molecule has 7 nitrogen and oxygen atoms in total. The molecule has 7 heteroatoms. The van der Waals surface area contributed by atoms with Crippen molar-refractivity contribution < 1.29 is 9.53 Å². The zero-order valence-electron chi connectivity index (χ0n) is 15.1. The lowest BCUT2D eigenvalue weighted by Gasteiger charge is -2.11. The smallest absolute Gasteiger partial charge is 0.224 e. The Labute approximate surface area is 152 Å². The van der Waals surface area contributed by atoms with Crippen molar-refractivity contribution in [1.82, 2.24) is 20.2 Å². The summed E-state index contributed by atoms with van der Waals surface area (Å²) in [5.74, 6) is 0.534. The van der Waals surface area contributed by atoms with Gasteiger partial charge >= 0.3 is 0 Å². The Hall–Kier alpha value is -3.22. The van der Waals surface area contributed by atoms with E-state index in [0.717, 1.165) is 0 Å². The lowest BCUT2D eigenvalue weighted by molar-refractivity contribution is -0.116. The number of hydrogen-bond acceptors (Lipinski definition) is 5. The lowest BCUT2D eigenvalue weighted by Crippen LogP contribution is -2.13. The first-order chi connectivity index (χ1) is 12.6. The van der Waals surface area contributed by atoms with Gasteiger partial charge in [0.25, 0.3) is 0 Å². The van der Waals surface area contributed by atoms with Crippen molar-refractivity contribution in [1.29, 1.82) is 0 Å². The highest BCUT2D eigenvalue weighted by Crippen LogP contribution is 2.26. The highest BCUT2D eigenvalue weighted by molar-refractivity contribution is 5.91. The molecule has 0 aliphatic carbocycles. The number of benzene rings is 2. The number of carbonyl (C=O) groups excluding carboxylic acids is 1. The summed E-state index contributed by atoms with van der Waals surface area (Å²) in [5, 5.41) is 14.0. The zero-order chi connectivity index (χ0) is 18.5. The number of nitrogens with zero attached hydrogens (tertiary/aromatic N) is 4. The minimum absolute atomic E-state index is 0.0396. The van der Waals surface area contributed by atoms with Crippen molar-refractivity contribution in [2.45, 2.75) is 26.7 Å². The third-order valence-corrected chi connectivity index (χ3v) is 4.18. The molecule has 1 heterocycles. The summed E-state index contributed by atoms with van der Waals surface area (Å²) in [6.07, 6.45) is 2.61. The van der Waals surface area contributed by atoms with Gasteiger partial charge < -0.3 is 10.1 Å². The fourth-order valence-electron chi connectivity index (χ4n) is 2.81. The molecular weight excluding hydrogens is 330 g/mol. The second-order valence-corrected chi connectivity index (χ2v) is 6.12. The summed E-state index contributed by atoms with van der Waals surface area (Å²) in [4.78, 5) is 12.3. The molecule has 134 valence electrons. The van der Waals surface area contributed by atoms with E-state index in [2.05, 4.69) is 52.9 Å². The Kier molecular flexibility index (Phi) is 5.26. The molecule has 0 aliphatic rings. The van der Waals surface area contributed by atoms with E-state index in [1.54, 1.807) is 25.3 Å². The van der Waals surface area contributed by atoms with Gasteiger partial charge in [0, 0.05) is 18.2 Å². The molecule has 1 N–H and O–H groups in total. The standard InChI is InChI=1S/C19H21N5O2/c1-13-4-5-15(14(2)10-13)6-9-19(25)21-16-7-8-17(18(11-16)26-3)24-12-20-22-23-24/h4-5,7-8,10-12H,6,9H2,1-3H3,(H,21,25). The molecule has 26 heavy (non-hydrogen) atoms. The van der Waals surface area contributed by atoms with Gasteiger partial charge in [0.2, 0.25) is 5.91 Å². The second kappa shape index (κ2) is 7.77. The molecule has 3 rings (SSSR count). The summed E-state index contributed by atoms with van der Waals surface area (Å²) in [5.41, 5.74) is 5.00. The average Bonchev–Trinajstić information content (AvgIpc) is 3.15. The predicted octanol–water partition coefficient (Wildman–Crippen LogP) is 2.86. The molecule has 0 spiro atoms. The van der Waals surface area contributed by atoms with Crippen LogP contribution in [-0.2, 0) is 11.2 Å². The van der Waals surface area contributed by atoms with Gasteiger partial charge in [-0.15, -0.1) is 5.10 Å². The van der Waals surface area contributed by atoms with Gasteiger partial charge in [0.1, 0.15) is 17.8 Å². The van der Waals surface area contributed by atoms with Gasteiger partial charge in [-0.05, 0) is 54.0 Å². The third-order valence-electron chi connectivity index (χ3n) is 4.18. The molecule has 0 radical (unpaired) electrons. The van der Waals surface area contributed by atoms with Crippen LogP contribution in [0.1, 0.15) is 23.1 Å². The first-order valence-electron chi connectivity index (χ1n) is 8.34. The maximum atomic E-state index is 12.3. The van der Waals surface area contributed by atoms with Gasteiger partial charge in [-0.1, -0.05) is 23.8 Å². The summed E-state index contributed by atoms with van der Waals surface area (Å²) in [6.45, 7) is 4.14. The highest BCUT2D eigenvalue weighted by atomic mass is 16.5. The van der Waals surface area contributed by atoms with Crippen LogP contribution in [0.4, 0.5) is 5.69 Å². The molecule has 0 fully saturated rings. The number of aromatic nitrogens is 4. The Morgan fingerprint density at radius 1 is 1.19 bits per heavy atom. The largest absolute Gasteiger partial charge is 0.494 e. The number of aryl methyl sites for hydroxylation is 3. The van der Waals surface area contributed by atoms with Crippen LogP contribution in [-0.4, -0.2) is 33.2 Å². The lowest BCUT2D eigenvalue weighted by atomic mass is 10.0. The number of methoxy groups -OCH3 is 1. The Morgan fingerprint density at radius 2 is 2.04 bits per heavy atom. The second-order valence-electron chi connectivity index (χ2n) is 6.12. The molecule has 0 bridgehead atoms. The average molecular weight is 351 g/mol. The van der Waals surface area contributed by atoms with E-state index in [4.69, 9.17) is 4.74 Å². The number of carbonyl (C=O) groups is 1. The van der Waals surface area contributed by atoms with Crippen LogP contribution in [0.15, 0.2) is 42.7 Å². The van der Waals surface area contributed by atoms with E-state index < -0.39 is 0 Å². The minimum Gasteiger partial charge on any atom is -0.494 e. The summed E-state index contributed by atoms with van der Waals surface area (Å²) in [6, 6.07) is 11.6. The maximum absolute atomic E-state index is 12.3. The molecule has 1 amide bonds. The number of amides is 1. The quantitative estimate of drug-likeness (QED) is 0.738. The third kappa shape index (κ3) is 4.05. The fraction of sp³-hybridized carbons (Fsp3) is 0.263. The molecular formula is C19H21N5O2. The zero-order valence-corrected chi connectivity index (χ0v) is 15.1. The normalized spacial score (nSPS) is 10.6.